The number of aliphatic hydroxyl groups is 4. The smallest absolute Gasteiger partial charge is 0.194 e. The zero-order valence-electron chi connectivity index (χ0n) is 11.7. The minimum absolute atomic E-state index is 0.294. The van der Waals surface area contributed by atoms with E-state index < -0.39 is 40.4 Å². The molecule has 0 aromatic carbocycles. The van der Waals surface area contributed by atoms with Crippen molar-refractivity contribution in [2.45, 2.75) is 26.6 Å². The van der Waals surface area contributed by atoms with Gasteiger partial charge in [0.2, 0.25) is 0 Å². The van der Waals surface area contributed by atoms with Gasteiger partial charge in [-0.1, -0.05) is 47.8 Å². The van der Waals surface area contributed by atoms with Gasteiger partial charge in [-0.05, 0) is 6.42 Å². The lowest BCUT2D eigenvalue weighted by molar-refractivity contribution is -0.181. The van der Waals surface area contributed by atoms with Crippen LogP contribution < -0.4 is 11.5 Å². The molecule has 1 aliphatic rings. The van der Waals surface area contributed by atoms with Crippen molar-refractivity contribution in [1.82, 2.24) is 9.80 Å². The van der Waals surface area contributed by atoms with Crippen LogP contribution in [0.25, 0.3) is 0 Å². The Hall–Kier alpha value is 0.630. The fraction of sp³-hybridized carbons (Fsp3) is 0.900. The Kier molecular flexibility index (Phi) is 7.21. The summed E-state index contributed by atoms with van der Waals surface area (Å²) in [6, 6.07) is 0. The van der Waals surface area contributed by atoms with Crippen LogP contribution in [0.5, 0.6) is 0 Å². The third-order valence-corrected chi connectivity index (χ3v) is 4.61. The van der Waals surface area contributed by atoms with Gasteiger partial charge in [-0.25, -0.2) is 9.89 Å². The number of rotatable bonds is 6. The standard InChI is InChI=1S/C10H20Br3N5O4/c11-8(12,13)2-1-7-16-9(14,3-19)18(6-22)10(15,4-20)17(7)5-21/h19-22H,1-6,14-15H2. The van der Waals surface area contributed by atoms with Crippen molar-refractivity contribution in [2.75, 3.05) is 26.7 Å². The van der Waals surface area contributed by atoms with Crippen LogP contribution >= 0.6 is 47.8 Å². The summed E-state index contributed by atoms with van der Waals surface area (Å²) < 4.78 is -0.544. The van der Waals surface area contributed by atoms with Gasteiger partial charge in [0.15, 0.2) is 11.6 Å². The number of nitrogens with two attached hydrogens (primary N) is 2. The highest BCUT2D eigenvalue weighted by atomic mass is 80.0. The summed E-state index contributed by atoms with van der Waals surface area (Å²) in [4.78, 5) is 6.45. The summed E-state index contributed by atoms with van der Waals surface area (Å²) in [5, 5.41) is 38.4. The second-order valence-corrected chi connectivity index (χ2v) is 12.1. The van der Waals surface area contributed by atoms with Crippen LogP contribution in [0.3, 0.4) is 0 Å². The molecule has 1 aliphatic heterocycles. The molecule has 0 saturated carbocycles. The predicted molar refractivity (Wildman–Crippen MR) is 92.0 cm³/mol. The Morgan fingerprint density at radius 2 is 1.64 bits per heavy atom. The molecular formula is C10H20Br3N5O4. The zero-order valence-corrected chi connectivity index (χ0v) is 16.4. The highest BCUT2D eigenvalue weighted by molar-refractivity contribution is 9.39. The molecular weight excluding hydrogens is 494 g/mol. The lowest BCUT2D eigenvalue weighted by atomic mass is 10.1. The molecule has 0 bridgehead atoms. The van der Waals surface area contributed by atoms with Crippen LogP contribution in [0.15, 0.2) is 4.99 Å². The topological polar surface area (TPSA) is 152 Å². The lowest BCUT2D eigenvalue weighted by Gasteiger charge is -2.55. The third kappa shape index (κ3) is 4.18. The maximum absolute atomic E-state index is 9.68. The van der Waals surface area contributed by atoms with Crippen LogP contribution in [0.2, 0.25) is 0 Å². The largest absolute Gasteiger partial charge is 0.391 e. The summed E-state index contributed by atoms with van der Waals surface area (Å²) in [7, 11) is 0. The van der Waals surface area contributed by atoms with Crippen molar-refractivity contribution < 1.29 is 20.4 Å². The van der Waals surface area contributed by atoms with Crippen LogP contribution in [-0.2, 0) is 0 Å². The van der Waals surface area contributed by atoms with Gasteiger partial charge >= 0.3 is 0 Å². The van der Waals surface area contributed by atoms with Crippen molar-refractivity contribution in [1.29, 1.82) is 0 Å². The average molecular weight is 514 g/mol. The Bertz CT molecular complexity index is 424. The molecule has 9 nitrogen and oxygen atoms in total. The molecule has 8 N–H and O–H groups in total. The van der Waals surface area contributed by atoms with Crippen LogP contribution in [0.1, 0.15) is 12.8 Å². The molecule has 22 heavy (non-hydrogen) atoms. The fourth-order valence-electron chi connectivity index (χ4n) is 2.23. The molecule has 12 heteroatoms. The van der Waals surface area contributed by atoms with E-state index >= 15 is 0 Å². The highest BCUT2D eigenvalue weighted by Crippen LogP contribution is 2.39. The normalized spacial score (nSPS) is 30.6. The molecule has 0 aliphatic carbocycles. The van der Waals surface area contributed by atoms with E-state index in [2.05, 4.69) is 52.8 Å². The molecule has 0 aromatic rings. The van der Waals surface area contributed by atoms with Crippen molar-refractivity contribution in [3.63, 3.8) is 0 Å². The van der Waals surface area contributed by atoms with Crippen molar-refractivity contribution >= 4 is 53.6 Å². The average Bonchev–Trinajstić information content (AvgIpc) is 2.44. The highest BCUT2D eigenvalue weighted by Gasteiger charge is 2.52. The van der Waals surface area contributed by atoms with E-state index in [-0.39, 0.29) is 0 Å². The van der Waals surface area contributed by atoms with Crippen molar-refractivity contribution in [3.8, 4) is 0 Å². The quantitative estimate of drug-likeness (QED) is 0.241. The van der Waals surface area contributed by atoms with Gasteiger partial charge in [0, 0.05) is 6.42 Å². The first-order valence-electron chi connectivity index (χ1n) is 6.30. The number of aliphatic hydroxyl groups excluding tert-OH is 4. The Balaban J connectivity index is 3.27. The van der Waals surface area contributed by atoms with E-state index in [1.807, 2.05) is 0 Å². The van der Waals surface area contributed by atoms with Gasteiger partial charge in [-0.15, -0.1) is 0 Å². The first kappa shape index (κ1) is 20.7. The van der Waals surface area contributed by atoms with E-state index in [4.69, 9.17) is 11.5 Å². The first-order valence-corrected chi connectivity index (χ1v) is 8.68. The number of aliphatic imine (C=N–C) groups is 1. The number of hydrogen-bond donors (Lipinski definition) is 6. The van der Waals surface area contributed by atoms with Gasteiger partial charge in [0.1, 0.15) is 21.4 Å². The molecule has 130 valence electrons. The van der Waals surface area contributed by atoms with Gasteiger partial charge < -0.3 is 25.3 Å². The number of nitrogens with zero attached hydrogens (tertiary/aromatic N) is 3. The third-order valence-electron chi connectivity index (χ3n) is 3.42. The zero-order chi connectivity index (χ0) is 17.2. The second-order valence-electron chi connectivity index (χ2n) is 4.86. The molecule has 0 spiro atoms. The number of amidine groups is 1. The van der Waals surface area contributed by atoms with Crippen LogP contribution in [0.4, 0.5) is 0 Å². The molecule has 2 atom stereocenters. The molecule has 0 aromatic heterocycles. The molecule has 2 unspecified atom stereocenters. The Morgan fingerprint density at radius 3 is 2.00 bits per heavy atom. The van der Waals surface area contributed by atoms with Crippen molar-refractivity contribution in [2.24, 2.45) is 16.5 Å². The molecule has 0 saturated heterocycles. The summed E-state index contributed by atoms with van der Waals surface area (Å²) in [5.74, 6) is -3.12. The maximum atomic E-state index is 9.68. The monoisotopic (exact) mass is 511 g/mol. The number of hydrogen-bond acceptors (Lipinski definition) is 9. The molecule has 0 fully saturated rings. The summed E-state index contributed by atoms with van der Waals surface area (Å²) in [6.45, 7) is -2.49. The van der Waals surface area contributed by atoms with Gasteiger partial charge in [0.25, 0.3) is 0 Å². The molecule has 0 radical (unpaired) electrons. The van der Waals surface area contributed by atoms with E-state index in [1.165, 1.54) is 4.90 Å². The van der Waals surface area contributed by atoms with Gasteiger partial charge in [-0.2, -0.15) is 0 Å². The molecule has 0 amide bonds. The number of halogens is 3. The first-order chi connectivity index (χ1) is 10.1. The van der Waals surface area contributed by atoms with Crippen LogP contribution in [0, 0.1) is 0 Å². The maximum Gasteiger partial charge on any atom is 0.194 e. The summed E-state index contributed by atoms with van der Waals surface area (Å²) in [5.41, 5.74) is 12.1. The van der Waals surface area contributed by atoms with Gasteiger partial charge in [-0.3, -0.25) is 11.5 Å². The van der Waals surface area contributed by atoms with Gasteiger partial charge in [0.05, 0.1) is 13.2 Å². The van der Waals surface area contributed by atoms with E-state index in [0.717, 1.165) is 4.90 Å². The minimum atomic E-state index is -1.71. The second kappa shape index (κ2) is 7.68. The number of alkyl halides is 3. The Labute approximate surface area is 153 Å². The SMILES string of the molecule is NC1(CO)N=C(CCC(Br)(Br)Br)N(CO)C(N)(CO)N1CO. The lowest BCUT2D eigenvalue weighted by Crippen LogP contribution is -2.81. The van der Waals surface area contributed by atoms with E-state index in [0.29, 0.717) is 18.7 Å². The molecule has 1 rings (SSSR count). The Morgan fingerprint density at radius 1 is 1.05 bits per heavy atom. The summed E-state index contributed by atoms with van der Waals surface area (Å²) in [6.07, 6.45) is 0.809. The van der Waals surface area contributed by atoms with Crippen molar-refractivity contribution in [3.05, 3.63) is 0 Å². The van der Waals surface area contributed by atoms with E-state index in [9.17, 15) is 20.4 Å². The molecule has 1 heterocycles. The fourth-order valence-corrected chi connectivity index (χ4v) is 2.83. The predicted octanol–water partition coefficient (Wildman–Crippen LogP) is -1.27. The minimum Gasteiger partial charge on any atom is -0.391 e. The summed E-state index contributed by atoms with van der Waals surface area (Å²) >= 11 is 10.0. The van der Waals surface area contributed by atoms with Crippen LogP contribution in [-0.4, -0.2) is 76.5 Å². The van der Waals surface area contributed by atoms with E-state index in [1.54, 1.807) is 0 Å².